The van der Waals surface area contributed by atoms with Gasteiger partial charge in [0, 0.05) is 6.08 Å². The molecule has 0 atom stereocenters. The predicted molar refractivity (Wildman–Crippen MR) is 36.8 cm³/mol. The van der Waals surface area contributed by atoms with Crippen molar-refractivity contribution in [3.05, 3.63) is 24.4 Å². The van der Waals surface area contributed by atoms with Crippen molar-refractivity contribution in [2.24, 2.45) is 5.73 Å². The van der Waals surface area contributed by atoms with Crippen LogP contribution in [0, 0.1) is 0 Å². The summed E-state index contributed by atoms with van der Waals surface area (Å²) in [4.78, 5) is 20.7. The van der Waals surface area contributed by atoms with Crippen molar-refractivity contribution in [1.82, 2.24) is 5.32 Å². The summed E-state index contributed by atoms with van der Waals surface area (Å²) in [5.74, 6) is -2.11. The minimum Gasteiger partial charge on any atom is -0.364 e. The lowest BCUT2D eigenvalue weighted by Crippen LogP contribution is -2.29. The summed E-state index contributed by atoms with van der Waals surface area (Å²) in [6.07, 6.45) is 0.255. The highest BCUT2D eigenvalue weighted by molar-refractivity contribution is 5.99. The Kier molecular flexibility index (Phi) is 4.28. The normalized spacial score (nSPS) is 11.7. The molecule has 0 aliphatic carbocycles. The third-order valence-electron chi connectivity index (χ3n) is 0.847. The van der Waals surface area contributed by atoms with Gasteiger partial charge in [-0.25, -0.2) is 8.78 Å². The Balaban J connectivity index is 4.24. The van der Waals surface area contributed by atoms with E-state index in [0.29, 0.717) is 6.08 Å². The van der Waals surface area contributed by atoms with Crippen LogP contribution in [0.2, 0.25) is 0 Å². The first kappa shape index (κ1) is 10.3. The number of halogens is 2. The molecule has 2 amide bonds. The van der Waals surface area contributed by atoms with E-state index in [-0.39, 0.29) is 12.7 Å². The Hall–Kier alpha value is -1.72. The molecular formula is C6H6F2N2O2. The first-order valence-electron chi connectivity index (χ1n) is 2.79. The topological polar surface area (TPSA) is 72.2 Å². The zero-order valence-corrected chi connectivity index (χ0v) is 5.88. The summed E-state index contributed by atoms with van der Waals surface area (Å²) in [7, 11) is 0. The van der Waals surface area contributed by atoms with E-state index >= 15 is 0 Å². The van der Waals surface area contributed by atoms with Crippen LogP contribution in [-0.2, 0) is 9.59 Å². The molecule has 0 saturated heterocycles. The van der Waals surface area contributed by atoms with Crippen molar-refractivity contribution in [2.45, 2.75) is 0 Å². The molecule has 0 spiro atoms. The number of hydrogen-bond donors (Lipinski definition) is 2. The maximum Gasteiger partial charge on any atom is 0.267 e. The molecule has 0 aromatic carbocycles. The van der Waals surface area contributed by atoms with Crippen LogP contribution in [0.1, 0.15) is 0 Å². The minimum atomic E-state index is -1.14. The SMILES string of the molecule is NC(=O)C(=CF)NC(=O)C=CF. The summed E-state index contributed by atoms with van der Waals surface area (Å²) in [5.41, 5.74) is 3.89. The van der Waals surface area contributed by atoms with Crippen LogP contribution in [0.4, 0.5) is 8.78 Å². The third kappa shape index (κ3) is 3.45. The molecule has 66 valence electrons. The Morgan fingerprint density at radius 3 is 2.25 bits per heavy atom. The number of hydrogen-bond acceptors (Lipinski definition) is 2. The lowest BCUT2D eigenvalue weighted by atomic mass is 10.4. The average Bonchev–Trinajstić information content (AvgIpc) is 2.00. The molecular weight excluding hydrogens is 170 g/mol. The van der Waals surface area contributed by atoms with Crippen LogP contribution >= 0.6 is 0 Å². The lowest BCUT2D eigenvalue weighted by molar-refractivity contribution is -0.119. The molecule has 0 unspecified atom stereocenters. The highest BCUT2D eigenvalue weighted by atomic mass is 19.1. The summed E-state index contributed by atoms with van der Waals surface area (Å²) in [6, 6.07) is 0. The van der Waals surface area contributed by atoms with Crippen LogP contribution in [0.25, 0.3) is 0 Å². The molecule has 12 heavy (non-hydrogen) atoms. The summed E-state index contributed by atoms with van der Waals surface area (Å²) in [5, 5.41) is 1.71. The monoisotopic (exact) mass is 176 g/mol. The van der Waals surface area contributed by atoms with E-state index in [0.717, 1.165) is 0 Å². The average molecular weight is 176 g/mol. The summed E-state index contributed by atoms with van der Waals surface area (Å²) >= 11 is 0. The van der Waals surface area contributed by atoms with Gasteiger partial charge in [0.2, 0.25) is 0 Å². The quantitative estimate of drug-likeness (QED) is 0.588. The van der Waals surface area contributed by atoms with Crippen molar-refractivity contribution >= 4 is 11.8 Å². The fraction of sp³-hybridized carbons (Fsp3) is 0. The number of amides is 2. The third-order valence-corrected chi connectivity index (χ3v) is 0.847. The first-order valence-corrected chi connectivity index (χ1v) is 2.79. The van der Waals surface area contributed by atoms with E-state index in [1.165, 1.54) is 0 Å². The Morgan fingerprint density at radius 2 is 1.92 bits per heavy atom. The predicted octanol–water partition coefficient (Wildman–Crippen LogP) is -0.118. The van der Waals surface area contributed by atoms with E-state index in [1.54, 1.807) is 5.32 Å². The molecule has 0 fully saturated rings. The molecule has 0 aromatic heterocycles. The van der Waals surface area contributed by atoms with Gasteiger partial charge in [0.1, 0.15) is 12.0 Å². The van der Waals surface area contributed by atoms with Crippen molar-refractivity contribution in [3.63, 3.8) is 0 Å². The number of nitrogens with two attached hydrogens (primary N) is 1. The zero-order chi connectivity index (χ0) is 9.56. The van der Waals surface area contributed by atoms with Gasteiger partial charge in [0.15, 0.2) is 0 Å². The molecule has 3 N–H and O–H groups in total. The van der Waals surface area contributed by atoms with Crippen molar-refractivity contribution in [1.29, 1.82) is 0 Å². The van der Waals surface area contributed by atoms with E-state index in [2.05, 4.69) is 5.73 Å². The maximum absolute atomic E-state index is 11.7. The van der Waals surface area contributed by atoms with Gasteiger partial charge in [0.05, 0.1) is 6.33 Å². The van der Waals surface area contributed by atoms with E-state index in [1.807, 2.05) is 0 Å². The standard InChI is InChI=1S/C6H6F2N2O2/c7-2-1-5(11)10-4(3-8)6(9)12/h1-3H,(H2,9,12)(H,10,11). The molecule has 0 radical (unpaired) electrons. The van der Waals surface area contributed by atoms with Gasteiger partial charge in [0.25, 0.3) is 11.8 Å². The summed E-state index contributed by atoms with van der Waals surface area (Å²) in [6.45, 7) is 0. The van der Waals surface area contributed by atoms with E-state index < -0.39 is 17.5 Å². The van der Waals surface area contributed by atoms with Gasteiger partial charge in [-0.2, -0.15) is 0 Å². The molecule has 0 aliphatic rings. The number of rotatable bonds is 3. The Morgan fingerprint density at radius 1 is 1.33 bits per heavy atom. The second kappa shape index (κ2) is 5.00. The molecule has 0 saturated carbocycles. The molecule has 6 heteroatoms. The molecule has 0 rings (SSSR count). The minimum absolute atomic E-state index is 0.0494. The van der Waals surface area contributed by atoms with Crippen molar-refractivity contribution in [3.8, 4) is 0 Å². The zero-order valence-electron chi connectivity index (χ0n) is 5.88. The van der Waals surface area contributed by atoms with Gasteiger partial charge < -0.3 is 11.1 Å². The van der Waals surface area contributed by atoms with E-state index in [4.69, 9.17) is 0 Å². The highest BCUT2D eigenvalue weighted by Gasteiger charge is 2.06. The van der Waals surface area contributed by atoms with Gasteiger partial charge in [-0.15, -0.1) is 0 Å². The van der Waals surface area contributed by atoms with Crippen LogP contribution in [0.5, 0.6) is 0 Å². The van der Waals surface area contributed by atoms with Crippen LogP contribution in [0.15, 0.2) is 24.4 Å². The number of primary amides is 1. The fourth-order valence-corrected chi connectivity index (χ4v) is 0.374. The Bertz CT molecular complexity index is 248. The summed E-state index contributed by atoms with van der Waals surface area (Å²) < 4.78 is 23.0. The van der Waals surface area contributed by atoms with Gasteiger partial charge in [-0.3, -0.25) is 9.59 Å². The van der Waals surface area contributed by atoms with Crippen LogP contribution < -0.4 is 11.1 Å². The van der Waals surface area contributed by atoms with Crippen molar-refractivity contribution < 1.29 is 18.4 Å². The first-order chi connectivity index (χ1) is 5.61. The maximum atomic E-state index is 11.7. The lowest BCUT2D eigenvalue weighted by Gasteiger charge is -1.99. The smallest absolute Gasteiger partial charge is 0.267 e. The van der Waals surface area contributed by atoms with E-state index in [9.17, 15) is 18.4 Å². The molecule has 0 bridgehead atoms. The van der Waals surface area contributed by atoms with Crippen molar-refractivity contribution in [2.75, 3.05) is 0 Å². The number of nitrogens with one attached hydrogen (secondary N) is 1. The van der Waals surface area contributed by atoms with Gasteiger partial charge in [-0.1, -0.05) is 0 Å². The second-order valence-corrected chi connectivity index (χ2v) is 1.67. The number of carbonyl (C=O) groups is 2. The van der Waals surface area contributed by atoms with Crippen LogP contribution in [0.3, 0.4) is 0 Å². The van der Waals surface area contributed by atoms with Gasteiger partial charge >= 0.3 is 0 Å². The highest BCUT2D eigenvalue weighted by Crippen LogP contribution is 1.88. The Labute approximate surface area is 66.7 Å². The molecule has 0 aliphatic heterocycles. The van der Waals surface area contributed by atoms with Gasteiger partial charge in [-0.05, 0) is 0 Å². The van der Waals surface area contributed by atoms with Crippen LogP contribution in [-0.4, -0.2) is 11.8 Å². The largest absolute Gasteiger partial charge is 0.364 e. The number of carbonyl (C=O) groups excluding carboxylic acids is 2. The molecule has 4 nitrogen and oxygen atoms in total. The molecule has 0 aromatic rings. The molecule has 0 heterocycles. The second-order valence-electron chi connectivity index (χ2n) is 1.67. The fourth-order valence-electron chi connectivity index (χ4n) is 0.374.